The van der Waals surface area contributed by atoms with E-state index in [0.717, 1.165) is 0 Å². The molecule has 9 nitrogen and oxygen atoms in total. The number of nitrogens with zero attached hydrogens (tertiary/aromatic N) is 2. The first-order valence-corrected chi connectivity index (χ1v) is 5.96. The van der Waals surface area contributed by atoms with Crippen molar-refractivity contribution >= 4 is 17.7 Å². The molecule has 0 aliphatic heterocycles. The highest BCUT2D eigenvalue weighted by Crippen LogP contribution is 1.98. The first-order chi connectivity index (χ1) is 10.1. The van der Waals surface area contributed by atoms with Gasteiger partial charge < -0.3 is 9.73 Å². The Labute approximate surface area is 119 Å². The lowest BCUT2D eigenvalue weighted by Crippen LogP contribution is -2.48. The molecule has 2 heterocycles. The fourth-order valence-corrected chi connectivity index (χ4v) is 1.44. The summed E-state index contributed by atoms with van der Waals surface area (Å²) in [6.45, 7) is 0.0792. The molecule has 110 valence electrons. The number of rotatable bonds is 3. The minimum Gasteiger partial charge on any atom is -0.467 e. The van der Waals surface area contributed by atoms with E-state index in [9.17, 15) is 14.4 Å². The van der Waals surface area contributed by atoms with Crippen LogP contribution in [0.25, 0.3) is 0 Å². The normalized spacial score (nSPS) is 9.95. The summed E-state index contributed by atoms with van der Waals surface area (Å²) in [4.78, 5) is 34.5. The monoisotopic (exact) mass is 291 g/mol. The summed E-state index contributed by atoms with van der Waals surface area (Å²) in [5, 5.41) is 6.15. The van der Waals surface area contributed by atoms with Crippen LogP contribution in [0.15, 0.2) is 35.2 Å². The summed E-state index contributed by atoms with van der Waals surface area (Å²) in [7, 11) is 1.65. The molecular formula is C12H13N5O4. The first-order valence-electron chi connectivity index (χ1n) is 5.96. The van der Waals surface area contributed by atoms with Crippen LogP contribution in [0, 0.1) is 0 Å². The zero-order valence-electron chi connectivity index (χ0n) is 11.1. The molecule has 0 fully saturated rings. The molecule has 0 saturated heterocycles. The summed E-state index contributed by atoms with van der Waals surface area (Å²) in [6.07, 6.45) is 4.26. The quantitative estimate of drug-likeness (QED) is 0.500. The number of aryl methyl sites for hydroxylation is 1. The highest BCUT2D eigenvalue weighted by Gasteiger charge is 2.15. The Balaban J connectivity index is 1.76. The van der Waals surface area contributed by atoms with Crippen LogP contribution in [-0.2, 0) is 23.2 Å². The van der Waals surface area contributed by atoms with E-state index in [2.05, 4.69) is 15.8 Å². The second-order valence-corrected chi connectivity index (χ2v) is 4.07. The predicted octanol–water partition coefficient (Wildman–Crippen LogP) is -0.909. The van der Waals surface area contributed by atoms with Crippen LogP contribution < -0.4 is 16.2 Å². The Morgan fingerprint density at radius 1 is 1.29 bits per heavy atom. The van der Waals surface area contributed by atoms with E-state index < -0.39 is 17.7 Å². The second-order valence-electron chi connectivity index (χ2n) is 4.07. The lowest BCUT2D eigenvalue weighted by Gasteiger charge is -2.06. The van der Waals surface area contributed by atoms with Crippen LogP contribution in [0.2, 0.25) is 0 Å². The van der Waals surface area contributed by atoms with Crippen LogP contribution in [0.1, 0.15) is 16.1 Å². The molecule has 0 spiro atoms. The molecule has 3 amide bonds. The van der Waals surface area contributed by atoms with Gasteiger partial charge in [-0.2, -0.15) is 5.10 Å². The molecule has 3 N–H and O–H groups in total. The van der Waals surface area contributed by atoms with Gasteiger partial charge >= 0.3 is 11.8 Å². The number of carbonyl (C=O) groups is 3. The topological polar surface area (TPSA) is 118 Å². The van der Waals surface area contributed by atoms with Gasteiger partial charge in [0.2, 0.25) is 0 Å². The third-order valence-electron chi connectivity index (χ3n) is 2.47. The first kappa shape index (κ1) is 14.3. The second kappa shape index (κ2) is 6.37. The third-order valence-corrected chi connectivity index (χ3v) is 2.47. The van der Waals surface area contributed by atoms with Crippen molar-refractivity contribution in [3.05, 3.63) is 42.1 Å². The van der Waals surface area contributed by atoms with Crippen LogP contribution in [0.3, 0.4) is 0 Å². The zero-order chi connectivity index (χ0) is 15.2. The van der Waals surface area contributed by atoms with Gasteiger partial charge in [0.05, 0.1) is 24.6 Å². The number of carbonyl (C=O) groups excluding carboxylic acids is 3. The molecule has 0 atom stereocenters. The maximum Gasteiger partial charge on any atom is 0.327 e. The van der Waals surface area contributed by atoms with Gasteiger partial charge in [0, 0.05) is 13.2 Å². The number of hydrazine groups is 1. The minimum atomic E-state index is -0.987. The molecule has 0 unspecified atom stereocenters. The Kier molecular flexibility index (Phi) is 4.34. The van der Waals surface area contributed by atoms with Crippen molar-refractivity contribution in [1.82, 2.24) is 25.9 Å². The van der Waals surface area contributed by atoms with Gasteiger partial charge in [-0.3, -0.25) is 29.9 Å². The molecular weight excluding hydrogens is 278 g/mol. The summed E-state index contributed by atoms with van der Waals surface area (Å²) in [6, 6.07) is 3.32. The Bertz CT molecular complexity index is 646. The third kappa shape index (κ3) is 3.93. The molecule has 0 saturated carbocycles. The molecule has 0 aromatic carbocycles. The van der Waals surface area contributed by atoms with Gasteiger partial charge in [-0.15, -0.1) is 0 Å². The number of aromatic nitrogens is 2. The molecule has 2 aromatic heterocycles. The van der Waals surface area contributed by atoms with Crippen LogP contribution >= 0.6 is 0 Å². The standard InChI is InChI=1S/C12H13N5O4/c1-17-7-8(5-14-17)10(18)15-16-12(20)11(19)13-6-9-3-2-4-21-9/h2-5,7H,6H2,1H3,(H,13,19)(H,15,18)(H,16,20). The van der Waals surface area contributed by atoms with Crippen molar-refractivity contribution in [3.63, 3.8) is 0 Å². The van der Waals surface area contributed by atoms with Gasteiger partial charge in [-0.1, -0.05) is 0 Å². The number of nitrogens with one attached hydrogen (secondary N) is 3. The van der Waals surface area contributed by atoms with E-state index in [1.165, 1.54) is 23.3 Å². The molecule has 2 aromatic rings. The smallest absolute Gasteiger partial charge is 0.327 e. The van der Waals surface area contributed by atoms with E-state index in [1.807, 2.05) is 5.43 Å². The van der Waals surface area contributed by atoms with E-state index in [4.69, 9.17) is 4.42 Å². The van der Waals surface area contributed by atoms with Crippen molar-refractivity contribution in [3.8, 4) is 0 Å². The maximum atomic E-state index is 11.6. The lowest BCUT2D eigenvalue weighted by molar-refractivity contribution is -0.139. The van der Waals surface area contributed by atoms with Crippen LogP contribution in [-0.4, -0.2) is 27.5 Å². The van der Waals surface area contributed by atoms with Crippen molar-refractivity contribution in [2.75, 3.05) is 0 Å². The molecule has 0 radical (unpaired) electrons. The summed E-state index contributed by atoms with van der Waals surface area (Å²) >= 11 is 0. The average molecular weight is 291 g/mol. The van der Waals surface area contributed by atoms with Gasteiger partial charge in [0.15, 0.2) is 0 Å². The maximum absolute atomic E-state index is 11.6. The highest BCUT2D eigenvalue weighted by molar-refractivity contribution is 6.35. The van der Waals surface area contributed by atoms with Gasteiger partial charge in [0.25, 0.3) is 5.91 Å². The molecule has 9 heteroatoms. The fourth-order valence-electron chi connectivity index (χ4n) is 1.44. The van der Waals surface area contributed by atoms with Crippen molar-refractivity contribution in [2.24, 2.45) is 7.05 Å². The van der Waals surface area contributed by atoms with E-state index in [1.54, 1.807) is 19.2 Å². The highest BCUT2D eigenvalue weighted by atomic mass is 16.3. The minimum absolute atomic E-state index is 0.0792. The van der Waals surface area contributed by atoms with Crippen molar-refractivity contribution in [1.29, 1.82) is 0 Å². The number of furan rings is 1. The summed E-state index contributed by atoms with van der Waals surface area (Å²) < 4.78 is 6.43. The van der Waals surface area contributed by atoms with Crippen molar-refractivity contribution < 1.29 is 18.8 Å². The molecule has 0 aliphatic rings. The van der Waals surface area contributed by atoms with Crippen LogP contribution in [0.4, 0.5) is 0 Å². The zero-order valence-corrected chi connectivity index (χ0v) is 11.1. The summed E-state index contributed by atoms with van der Waals surface area (Å²) in [5.41, 5.74) is 4.37. The largest absolute Gasteiger partial charge is 0.467 e. The van der Waals surface area contributed by atoms with E-state index in [-0.39, 0.29) is 12.1 Å². The molecule has 21 heavy (non-hydrogen) atoms. The van der Waals surface area contributed by atoms with Crippen molar-refractivity contribution in [2.45, 2.75) is 6.54 Å². The van der Waals surface area contributed by atoms with E-state index >= 15 is 0 Å². The lowest BCUT2D eigenvalue weighted by atomic mass is 10.3. The predicted molar refractivity (Wildman–Crippen MR) is 69.4 cm³/mol. The summed E-state index contributed by atoms with van der Waals surface area (Å²) in [5.74, 6) is -1.94. The molecule has 2 rings (SSSR count). The molecule has 0 aliphatic carbocycles. The number of hydrogen-bond donors (Lipinski definition) is 3. The Morgan fingerprint density at radius 3 is 2.71 bits per heavy atom. The van der Waals surface area contributed by atoms with Gasteiger partial charge in [-0.25, -0.2) is 0 Å². The number of amides is 3. The fraction of sp³-hybridized carbons (Fsp3) is 0.167. The molecule has 0 bridgehead atoms. The average Bonchev–Trinajstić information content (AvgIpc) is 3.13. The Morgan fingerprint density at radius 2 is 2.10 bits per heavy atom. The van der Waals surface area contributed by atoms with E-state index in [0.29, 0.717) is 5.76 Å². The van der Waals surface area contributed by atoms with Gasteiger partial charge in [-0.05, 0) is 12.1 Å². The number of hydrogen-bond acceptors (Lipinski definition) is 5. The Hall–Kier alpha value is -3.10. The van der Waals surface area contributed by atoms with Crippen LogP contribution in [0.5, 0.6) is 0 Å². The SMILES string of the molecule is Cn1cc(C(=O)NNC(=O)C(=O)NCc2ccco2)cn1. The van der Waals surface area contributed by atoms with Gasteiger partial charge in [0.1, 0.15) is 5.76 Å².